The Morgan fingerprint density at radius 2 is 1.47 bits per heavy atom. The molecular weight excluding hydrogens is 406 g/mol. The molecule has 156 valence electrons. The second kappa shape index (κ2) is 8.03. The maximum absolute atomic E-state index is 12.9. The fourth-order valence-electron chi connectivity index (χ4n) is 3.71. The molecule has 7 heteroatoms. The normalized spacial score (nSPS) is 12.2. The van der Waals surface area contributed by atoms with E-state index in [0.29, 0.717) is 40.1 Å². The molecule has 0 N–H and O–H groups in total. The number of esters is 1. The molecule has 0 aliphatic heterocycles. The van der Waals surface area contributed by atoms with E-state index in [0.717, 1.165) is 5.56 Å². The largest absolute Gasteiger partial charge is 0.455 e. The Labute approximate surface area is 183 Å². The molecule has 0 radical (unpaired) electrons. The van der Waals surface area contributed by atoms with Crippen LogP contribution in [0.5, 0.6) is 0 Å². The summed E-state index contributed by atoms with van der Waals surface area (Å²) in [5.41, 5.74) is 3.44. The quantitative estimate of drug-likeness (QED) is 0.402. The SMILES string of the molecule is O=C(OCc1cn(Cc2ccc3c(c2)C(=O)c2ccccc2C3=O)nn1)c1ccccc1. The number of hydrogen-bond acceptors (Lipinski definition) is 6. The Morgan fingerprint density at radius 3 is 2.22 bits per heavy atom. The Balaban J connectivity index is 1.30. The van der Waals surface area contributed by atoms with Crippen molar-refractivity contribution in [2.75, 3.05) is 0 Å². The predicted molar refractivity (Wildman–Crippen MR) is 114 cm³/mol. The van der Waals surface area contributed by atoms with Crippen molar-refractivity contribution in [2.24, 2.45) is 0 Å². The fourth-order valence-corrected chi connectivity index (χ4v) is 3.71. The highest BCUT2D eigenvalue weighted by Gasteiger charge is 2.29. The van der Waals surface area contributed by atoms with Crippen molar-refractivity contribution in [3.05, 3.63) is 118 Å². The van der Waals surface area contributed by atoms with Crippen LogP contribution in [-0.2, 0) is 17.9 Å². The van der Waals surface area contributed by atoms with E-state index in [1.165, 1.54) is 0 Å². The first-order chi connectivity index (χ1) is 15.6. The van der Waals surface area contributed by atoms with Gasteiger partial charge in [0.05, 0.1) is 18.3 Å². The van der Waals surface area contributed by atoms with Crippen molar-refractivity contribution >= 4 is 17.5 Å². The summed E-state index contributed by atoms with van der Waals surface area (Å²) in [6.07, 6.45) is 1.68. The molecule has 4 aromatic rings. The van der Waals surface area contributed by atoms with Crippen molar-refractivity contribution in [3.8, 4) is 0 Å². The lowest BCUT2D eigenvalue weighted by Gasteiger charge is -2.18. The summed E-state index contributed by atoms with van der Waals surface area (Å²) in [6.45, 7) is 0.359. The van der Waals surface area contributed by atoms with Gasteiger partial charge in [0.2, 0.25) is 0 Å². The van der Waals surface area contributed by atoms with E-state index in [4.69, 9.17) is 4.74 Å². The summed E-state index contributed by atoms with van der Waals surface area (Å²) >= 11 is 0. The minimum atomic E-state index is -0.432. The van der Waals surface area contributed by atoms with Crippen LogP contribution in [-0.4, -0.2) is 32.5 Å². The molecule has 1 aromatic heterocycles. The molecule has 1 aliphatic carbocycles. The molecule has 7 nitrogen and oxygen atoms in total. The molecule has 5 rings (SSSR count). The molecule has 0 bridgehead atoms. The van der Waals surface area contributed by atoms with E-state index in [1.54, 1.807) is 77.6 Å². The lowest BCUT2D eigenvalue weighted by molar-refractivity contribution is 0.0467. The molecule has 0 fully saturated rings. The third kappa shape index (κ3) is 3.60. The minimum Gasteiger partial charge on any atom is -0.455 e. The Hall–Kier alpha value is -4.39. The summed E-state index contributed by atoms with van der Waals surface area (Å²) in [5, 5.41) is 8.10. The number of carbonyl (C=O) groups excluding carboxylic acids is 3. The van der Waals surface area contributed by atoms with Gasteiger partial charge in [-0.15, -0.1) is 5.10 Å². The number of hydrogen-bond donors (Lipinski definition) is 0. The number of ether oxygens (including phenoxy) is 1. The van der Waals surface area contributed by atoms with Gasteiger partial charge in [-0.2, -0.15) is 0 Å². The average molecular weight is 423 g/mol. The predicted octanol–water partition coefficient (Wildman–Crippen LogP) is 3.46. The van der Waals surface area contributed by atoms with Gasteiger partial charge in [-0.1, -0.05) is 53.7 Å². The Kier molecular flexibility index (Phi) is 4.91. The van der Waals surface area contributed by atoms with Gasteiger partial charge in [0.25, 0.3) is 0 Å². The van der Waals surface area contributed by atoms with Crippen LogP contribution < -0.4 is 0 Å². The highest BCUT2D eigenvalue weighted by Crippen LogP contribution is 2.28. The monoisotopic (exact) mass is 423 g/mol. The number of fused-ring (bicyclic) bond motifs is 2. The number of nitrogens with zero attached hydrogens (tertiary/aromatic N) is 3. The maximum atomic E-state index is 12.9. The fraction of sp³-hybridized carbons (Fsp3) is 0.0800. The van der Waals surface area contributed by atoms with Crippen molar-refractivity contribution in [2.45, 2.75) is 13.2 Å². The number of ketones is 2. The number of aromatic nitrogens is 3. The first-order valence-corrected chi connectivity index (χ1v) is 10.0. The molecule has 0 atom stereocenters. The van der Waals surface area contributed by atoms with Crippen LogP contribution in [0.15, 0.2) is 79.0 Å². The molecule has 1 aliphatic rings. The number of rotatable bonds is 5. The maximum Gasteiger partial charge on any atom is 0.338 e. The van der Waals surface area contributed by atoms with Crippen molar-refractivity contribution in [3.63, 3.8) is 0 Å². The Morgan fingerprint density at radius 1 is 0.812 bits per heavy atom. The zero-order valence-electron chi connectivity index (χ0n) is 16.9. The molecule has 0 unspecified atom stereocenters. The third-order valence-corrected chi connectivity index (χ3v) is 5.28. The summed E-state index contributed by atoms with van der Waals surface area (Å²) < 4.78 is 6.87. The van der Waals surface area contributed by atoms with E-state index in [-0.39, 0.29) is 18.2 Å². The molecule has 3 aromatic carbocycles. The van der Waals surface area contributed by atoms with Gasteiger partial charge < -0.3 is 4.74 Å². The first kappa shape index (κ1) is 19.6. The zero-order valence-corrected chi connectivity index (χ0v) is 16.9. The van der Waals surface area contributed by atoms with Gasteiger partial charge in [-0.3, -0.25) is 9.59 Å². The summed E-state index contributed by atoms with van der Waals surface area (Å²) in [5.74, 6) is -0.743. The van der Waals surface area contributed by atoms with Gasteiger partial charge in [0.1, 0.15) is 12.3 Å². The molecular formula is C25H17N3O4. The van der Waals surface area contributed by atoms with Crippen LogP contribution in [0, 0.1) is 0 Å². The second-order valence-corrected chi connectivity index (χ2v) is 7.43. The van der Waals surface area contributed by atoms with Gasteiger partial charge in [0.15, 0.2) is 11.6 Å². The van der Waals surface area contributed by atoms with Gasteiger partial charge in [0, 0.05) is 22.3 Å². The van der Waals surface area contributed by atoms with Crippen LogP contribution in [0.3, 0.4) is 0 Å². The van der Waals surface area contributed by atoms with Crippen molar-refractivity contribution in [1.29, 1.82) is 0 Å². The minimum absolute atomic E-state index is 0.00167. The Bertz CT molecular complexity index is 1360. The molecule has 0 saturated heterocycles. The molecule has 32 heavy (non-hydrogen) atoms. The van der Waals surface area contributed by atoms with Gasteiger partial charge in [-0.25, -0.2) is 9.48 Å². The lowest BCUT2D eigenvalue weighted by Crippen LogP contribution is -2.21. The average Bonchev–Trinajstić information content (AvgIpc) is 3.28. The van der Waals surface area contributed by atoms with Crippen molar-refractivity contribution < 1.29 is 19.1 Å². The van der Waals surface area contributed by atoms with Crippen LogP contribution in [0.4, 0.5) is 0 Å². The standard InChI is InChI=1S/C25H17N3O4/c29-23-19-8-4-5-9-20(19)24(30)22-12-16(10-11-21(22)23)13-28-14-18(26-27-28)15-32-25(31)17-6-2-1-3-7-17/h1-12,14H,13,15H2. The highest BCUT2D eigenvalue weighted by molar-refractivity contribution is 6.28. The van der Waals surface area contributed by atoms with E-state index in [9.17, 15) is 14.4 Å². The smallest absolute Gasteiger partial charge is 0.338 e. The number of benzene rings is 3. The molecule has 0 amide bonds. The molecule has 0 spiro atoms. The van der Waals surface area contributed by atoms with Crippen LogP contribution in [0.2, 0.25) is 0 Å². The van der Waals surface area contributed by atoms with E-state index < -0.39 is 5.97 Å². The van der Waals surface area contributed by atoms with Crippen LogP contribution >= 0.6 is 0 Å². The van der Waals surface area contributed by atoms with Crippen LogP contribution in [0.1, 0.15) is 53.5 Å². The van der Waals surface area contributed by atoms with E-state index in [1.807, 2.05) is 6.07 Å². The number of carbonyl (C=O) groups is 3. The summed E-state index contributed by atoms with van der Waals surface area (Å²) in [4.78, 5) is 37.7. The van der Waals surface area contributed by atoms with E-state index in [2.05, 4.69) is 10.3 Å². The van der Waals surface area contributed by atoms with Crippen molar-refractivity contribution in [1.82, 2.24) is 15.0 Å². The summed E-state index contributed by atoms with van der Waals surface area (Å²) in [7, 11) is 0. The van der Waals surface area contributed by atoms with Gasteiger partial charge >= 0.3 is 5.97 Å². The highest BCUT2D eigenvalue weighted by atomic mass is 16.5. The zero-order chi connectivity index (χ0) is 22.1. The molecule has 0 saturated carbocycles. The lowest BCUT2D eigenvalue weighted by atomic mass is 9.83. The van der Waals surface area contributed by atoms with Crippen LogP contribution in [0.25, 0.3) is 0 Å². The van der Waals surface area contributed by atoms with E-state index >= 15 is 0 Å². The summed E-state index contributed by atoms with van der Waals surface area (Å²) in [6, 6.07) is 20.8. The first-order valence-electron chi connectivity index (χ1n) is 10.0. The molecule has 1 heterocycles. The van der Waals surface area contributed by atoms with Gasteiger partial charge in [-0.05, 0) is 29.8 Å². The topological polar surface area (TPSA) is 91.2 Å². The second-order valence-electron chi connectivity index (χ2n) is 7.43. The third-order valence-electron chi connectivity index (χ3n) is 5.28.